The van der Waals surface area contributed by atoms with Gasteiger partial charge in [-0.15, -0.1) is 11.8 Å². The summed E-state index contributed by atoms with van der Waals surface area (Å²) in [5.74, 6) is 2.25. The zero-order chi connectivity index (χ0) is 38.1. The van der Waals surface area contributed by atoms with E-state index >= 15 is 0 Å². The Morgan fingerprint density at radius 1 is 0.518 bits per heavy atom. The van der Waals surface area contributed by atoms with Gasteiger partial charge in [-0.25, -0.2) is 0 Å². The SMILES string of the molecule is C1CC[Si]C1.CCC[C-](C1C(CC)=C(c2cccc3ccccc23)c2ccccc21)C1C(CC)=C(c2cccc3ccccc23)c2ccccc21.[CH2-]CCC.[Hf]. The van der Waals surface area contributed by atoms with Gasteiger partial charge in [-0.3, -0.25) is 5.92 Å². The van der Waals surface area contributed by atoms with Crippen molar-refractivity contribution in [2.45, 2.75) is 103 Å². The molecule has 0 saturated carbocycles. The summed E-state index contributed by atoms with van der Waals surface area (Å²) in [5, 5.41) is 5.30. The Morgan fingerprint density at radius 2 is 0.911 bits per heavy atom. The van der Waals surface area contributed by atoms with E-state index in [1.54, 1.807) is 17.1 Å². The van der Waals surface area contributed by atoms with Crippen LogP contribution in [-0.4, -0.2) is 9.52 Å². The molecule has 0 amide bonds. The fourth-order valence-corrected chi connectivity index (χ4v) is 10.7. The van der Waals surface area contributed by atoms with Crippen LogP contribution in [0.15, 0.2) is 145 Å². The third-order valence-corrected chi connectivity index (χ3v) is 13.3. The van der Waals surface area contributed by atoms with Crippen molar-refractivity contribution in [1.82, 2.24) is 0 Å². The normalized spacial score (nSPS) is 17.0. The Bertz CT molecular complexity index is 2120. The second-order valence-corrected chi connectivity index (χ2v) is 16.7. The minimum absolute atomic E-state index is 0. The van der Waals surface area contributed by atoms with Crippen LogP contribution in [0.25, 0.3) is 32.7 Å². The largest absolute Gasteiger partial charge is 0.343 e. The fourth-order valence-electron chi connectivity index (χ4n) is 9.46. The number of rotatable bonds is 9. The van der Waals surface area contributed by atoms with E-state index in [1.807, 2.05) is 0 Å². The summed E-state index contributed by atoms with van der Waals surface area (Å²) >= 11 is 0. The maximum atomic E-state index is 3.60. The summed E-state index contributed by atoms with van der Waals surface area (Å²) in [4.78, 5) is 0. The van der Waals surface area contributed by atoms with Crippen LogP contribution in [0.4, 0.5) is 0 Å². The average molecular weight is 914 g/mol. The summed E-state index contributed by atoms with van der Waals surface area (Å²) in [5.41, 5.74) is 14.6. The molecule has 6 aromatic rings. The number of hydrogen-bond donors (Lipinski definition) is 0. The van der Waals surface area contributed by atoms with E-state index in [0.29, 0.717) is 11.8 Å². The molecule has 3 aliphatic rings. The van der Waals surface area contributed by atoms with Gasteiger partial charge in [0.1, 0.15) is 0 Å². The second-order valence-electron chi connectivity index (χ2n) is 15.2. The Hall–Kier alpha value is -3.59. The third-order valence-electron chi connectivity index (χ3n) is 11.9. The zero-order valence-corrected chi connectivity index (χ0v) is 38.7. The molecule has 2 unspecified atom stereocenters. The van der Waals surface area contributed by atoms with Gasteiger partial charge < -0.3 is 6.92 Å². The molecular formula is C54H58HfSi-2. The van der Waals surface area contributed by atoms with Crippen molar-refractivity contribution < 1.29 is 25.8 Å². The predicted molar refractivity (Wildman–Crippen MR) is 242 cm³/mol. The molecule has 0 aromatic heterocycles. The summed E-state index contributed by atoms with van der Waals surface area (Å²) in [6.45, 7) is 12.8. The first-order valence-electron chi connectivity index (χ1n) is 21.1. The number of hydrogen-bond acceptors (Lipinski definition) is 0. The van der Waals surface area contributed by atoms with Gasteiger partial charge in [0.25, 0.3) is 0 Å². The first kappa shape index (κ1) is 42.0. The monoisotopic (exact) mass is 914 g/mol. The van der Waals surface area contributed by atoms with Crippen LogP contribution in [0, 0.1) is 12.8 Å². The van der Waals surface area contributed by atoms with Gasteiger partial charge >= 0.3 is 0 Å². The standard InChI is InChI=1S/C46H41.C4H8Si.C4H9.Hf/c1-4-17-42(45-32(5-2)43(38-24-11-13-26-40(38)45)36-28-15-20-30-18-7-9-22-34(30)36)46-33(6-3)44(39-25-12-14-27-41(39)46)37-29-16-21-31-19-8-10-23-35(31)37;1-2-4-5-3-1;1-3-4-2;/h7-16,18-29,45-46H,4-6,17H2,1-3H3;1-4H2;1,3-4H2,2H3;/q-1;;-1;. The topological polar surface area (TPSA) is 0 Å². The number of benzene rings is 6. The molecular weight excluding hydrogens is 855 g/mol. The van der Waals surface area contributed by atoms with Gasteiger partial charge in [-0.05, 0) is 67.8 Å². The fraction of sp³-hybridized carbons (Fsp3) is 0.296. The Balaban J connectivity index is 0.000000475. The Morgan fingerprint density at radius 3 is 1.30 bits per heavy atom. The van der Waals surface area contributed by atoms with Gasteiger partial charge in [-0.1, -0.05) is 221 Å². The molecule has 2 atom stereocenters. The van der Waals surface area contributed by atoms with Crippen molar-refractivity contribution in [2.75, 3.05) is 0 Å². The minimum atomic E-state index is 0. The smallest absolute Gasteiger partial charge is 0.0377 e. The maximum absolute atomic E-state index is 3.60. The molecule has 1 aliphatic heterocycles. The van der Waals surface area contributed by atoms with Gasteiger partial charge in [0.05, 0.1) is 0 Å². The molecule has 0 nitrogen and oxygen atoms in total. The molecule has 1 saturated heterocycles. The number of unbranched alkanes of at least 4 members (excludes halogenated alkanes) is 1. The molecule has 9 rings (SSSR count). The van der Waals surface area contributed by atoms with Crippen molar-refractivity contribution >= 4 is 42.2 Å². The van der Waals surface area contributed by atoms with E-state index in [0.717, 1.165) is 32.1 Å². The van der Waals surface area contributed by atoms with Crippen LogP contribution >= 0.6 is 0 Å². The summed E-state index contributed by atoms with van der Waals surface area (Å²) in [7, 11) is 1.31. The quantitative estimate of drug-likeness (QED) is 0.100. The van der Waals surface area contributed by atoms with Crippen LogP contribution in [-0.2, 0) is 25.8 Å². The van der Waals surface area contributed by atoms with E-state index in [2.05, 4.69) is 168 Å². The van der Waals surface area contributed by atoms with Gasteiger partial charge in [0.2, 0.25) is 0 Å². The molecule has 0 spiro atoms. The van der Waals surface area contributed by atoms with Crippen molar-refractivity contribution in [3.05, 3.63) is 191 Å². The maximum Gasteiger partial charge on any atom is 0.0377 e. The van der Waals surface area contributed by atoms with Crippen molar-refractivity contribution in [3.8, 4) is 0 Å². The van der Waals surface area contributed by atoms with E-state index in [9.17, 15) is 0 Å². The van der Waals surface area contributed by atoms with Crippen molar-refractivity contribution in [1.29, 1.82) is 0 Å². The van der Waals surface area contributed by atoms with E-state index < -0.39 is 0 Å². The molecule has 2 radical (unpaired) electrons. The van der Waals surface area contributed by atoms with Crippen molar-refractivity contribution in [2.24, 2.45) is 0 Å². The van der Waals surface area contributed by atoms with E-state index in [-0.39, 0.29) is 25.8 Å². The Labute approximate surface area is 359 Å². The van der Waals surface area contributed by atoms with Crippen LogP contribution in [0.1, 0.15) is 124 Å². The molecule has 0 N–H and O–H groups in total. The number of allylic oxidation sites excluding steroid dienone is 2. The van der Waals surface area contributed by atoms with Crippen molar-refractivity contribution in [3.63, 3.8) is 0 Å². The first-order valence-corrected chi connectivity index (χ1v) is 22.5. The molecule has 1 fully saturated rings. The molecule has 2 aliphatic carbocycles. The van der Waals surface area contributed by atoms with Gasteiger partial charge in [0.15, 0.2) is 0 Å². The first-order chi connectivity index (χ1) is 27.2. The zero-order valence-electron chi connectivity index (χ0n) is 34.1. The van der Waals surface area contributed by atoms with E-state index in [1.165, 1.54) is 107 Å². The molecule has 284 valence electrons. The Kier molecular flexibility index (Phi) is 15.2. The summed E-state index contributed by atoms with van der Waals surface area (Å²) in [6.07, 6.45) is 9.60. The predicted octanol–water partition coefficient (Wildman–Crippen LogP) is 15.6. The summed E-state index contributed by atoms with van der Waals surface area (Å²) < 4.78 is 0. The van der Waals surface area contributed by atoms with Gasteiger partial charge in [-0.2, -0.15) is 12.8 Å². The molecule has 1 heterocycles. The van der Waals surface area contributed by atoms with E-state index in [4.69, 9.17) is 0 Å². The average Bonchev–Trinajstić information content (AvgIpc) is 4.01. The molecule has 2 heteroatoms. The minimum Gasteiger partial charge on any atom is -0.343 e. The van der Waals surface area contributed by atoms with Crippen LogP contribution < -0.4 is 0 Å². The van der Waals surface area contributed by atoms with Crippen LogP contribution in [0.2, 0.25) is 12.1 Å². The molecule has 6 aromatic carbocycles. The van der Waals surface area contributed by atoms with Crippen LogP contribution in [0.5, 0.6) is 0 Å². The molecule has 56 heavy (non-hydrogen) atoms. The number of fused-ring (bicyclic) bond motifs is 4. The second kappa shape index (κ2) is 20.2. The third kappa shape index (κ3) is 8.35. The molecule has 0 bridgehead atoms. The summed E-state index contributed by atoms with van der Waals surface area (Å²) in [6, 6.07) is 53.1. The van der Waals surface area contributed by atoms with Crippen LogP contribution in [0.3, 0.4) is 0 Å². The van der Waals surface area contributed by atoms with Gasteiger partial charge in [0, 0.05) is 35.4 Å².